The molecule has 9 nitrogen and oxygen atoms in total. The number of halogens is 1. The number of H-pyrrole nitrogens is 1. The standard InChI is InChI=1S/C26H29FN6O3/c1-35-22-14-18-13-20(26(34)28-21(18)15-23(22)36-2)24(32-11-5-3-4-6-12-32)25-29-30-31-33(25)16-17-7-9-19(27)10-8-17/h7-10,13-15,24H,3-6,11-12,16H2,1-2H3,(H,28,34)/t24-/m0/s1. The second kappa shape index (κ2) is 10.4. The summed E-state index contributed by atoms with van der Waals surface area (Å²) in [4.78, 5) is 18.8. The quantitative estimate of drug-likeness (QED) is 0.420. The number of aromatic amines is 1. The molecule has 3 heterocycles. The molecule has 2 aromatic carbocycles. The van der Waals surface area contributed by atoms with E-state index in [4.69, 9.17) is 9.47 Å². The third-order valence-corrected chi connectivity index (χ3v) is 6.73. The van der Waals surface area contributed by atoms with E-state index < -0.39 is 6.04 Å². The van der Waals surface area contributed by atoms with Gasteiger partial charge in [-0.05, 0) is 66.2 Å². The lowest BCUT2D eigenvalue weighted by Crippen LogP contribution is -2.36. The van der Waals surface area contributed by atoms with Crippen molar-refractivity contribution in [1.82, 2.24) is 30.1 Å². The fraction of sp³-hybridized carbons (Fsp3) is 0.385. The van der Waals surface area contributed by atoms with Crippen molar-refractivity contribution < 1.29 is 13.9 Å². The number of methoxy groups -OCH3 is 2. The Morgan fingerprint density at radius 3 is 2.39 bits per heavy atom. The number of benzene rings is 2. The predicted molar refractivity (Wildman–Crippen MR) is 133 cm³/mol. The number of hydrogen-bond acceptors (Lipinski definition) is 7. The Bertz CT molecular complexity index is 1390. The van der Waals surface area contributed by atoms with Gasteiger partial charge in [0.1, 0.15) is 11.9 Å². The van der Waals surface area contributed by atoms with Crippen LogP contribution < -0.4 is 15.0 Å². The van der Waals surface area contributed by atoms with Crippen LogP contribution in [0.3, 0.4) is 0 Å². The number of hydrogen-bond donors (Lipinski definition) is 1. The third-order valence-electron chi connectivity index (χ3n) is 6.73. The summed E-state index contributed by atoms with van der Waals surface area (Å²) < 4.78 is 26.0. The topological polar surface area (TPSA) is 98.2 Å². The van der Waals surface area contributed by atoms with Gasteiger partial charge in [0.15, 0.2) is 17.3 Å². The van der Waals surface area contributed by atoms with E-state index in [1.807, 2.05) is 12.1 Å². The molecule has 0 unspecified atom stereocenters. The van der Waals surface area contributed by atoms with Gasteiger partial charge in [0.05, 0.1) is 26.3 Å². The van der Waals surface area contributed by atoms with Crippen LogP contribution in [0, 0.1) is 5.82 Å². The van der Waals surface area contributed by atoms with Crippen molar-refractivity contribution in [2.45, 2.75) is 38.3 Å². The zero-order valence-corrected chi connectivity index (χ0v) is 20.4. The Morgan fingerprint density at radius 2 is 1.69 bits per heavy atom. The maximum Gasteiger partial charge on any atom is 0.253 e. The van der Waals surface area contributed by atoms with Crippen LogP contribution in [0.5, 0.6) is 11.5 Å². The lowest BCUT2D eigenvalue weighted by atomic mass is 10.0. The predicted octanol–water partition coefficient (Wildman–Crippen LogP) is 3.68. The Morgan fingerprint density at radius 1 is 1.00 bits per heavy atom. The van der Waals surface area contributed by atoms with Crippen molar-refractivity contribution in [2.75, 3.05) is 27.3 Å². The van der Waals surface area contributed by atoms with Crippen LogP contribution in [0.25, 0.3) is 10.9 Å². The maximum atomic E-state index is 13.5. The molecule has 0 radical (unpaired) electrons. The smallest absolute Gasteiger partial charge is 0.253 e. The number of ether oxygens (including phenoxy) is 2. The number of rotatable bonds is 7. The summed E-state index contributed by atoms with van der Waals surface area (Å²) in [5.41, 5.74) is 1.87. The molecule has 1 N–H and O–H groups in total. The van der Waals surface area contributed by atoms with E-state index in [0.29, 0.717) is 34.9 Å². The van der Waals surface area contributed by atoms with Crippen LogP contribution in [0.15, 0.2) is 47.3 Å². The van der Waals surface area contributed by atoms with E-state index in [2.05, 4.69) is 25.4 Å². The van der Waals surface area contributed by atoms with E-state index in [1.165, 1.54) is 12.1 Å². The van der Waals surface area contributed by atoms with Crippen LogP contribution in [-0.2, 0) is 6.54 Å². The summed E-state index contributed by atoms with van der Waals surface area (Å²) >= 11 is 0. The monoisotopic (exact) mass is 492 g/mol. The number of pyridine rings is 1. The summed E-state index contributed by atoms with van der Waals surface area (Å²) in [5.74, 6) is 1.40. The highest BCUT2D eigenvalue weighted by Gasteiger charge is 2.31. The Kier molecular flexibility index (Phi) is 6.95. The van der Waals surface area contributed by atoms with Crippen molar-refractivity contribution in [3.8, 4) is 11.5 Å². The number of tetrazole rings is 1. The molecule has 10 heteroatoms. The summed E-state index contributed by atoms with van der Waals surface area (Å²) in [7, 11) is 3.15. The SMILES string of the molecule is COc1cc2cc([C@@H](c3nnnn3Cc3ccc(F)cc3)N3CCCCCC3)c(=O)[nH]c2cc1OC. The van der Waals surface area contributed by atoms with Gasteiger partial charge >= 0.3 is 0 Å². The minimum absolute atomic E-state index is 0.208. The van der Waals surface area contributed by atoms with Crippen molar-refractivity contribution in [3.05, 3.63) is 75.6 Å². The number of nitrogens with zero attached hydrogens (tertiary/aromatic N) is 5. The normalized spacial score (nSPS) is 15.5. The fourth-order valence-corrected chi connectivity index (χ4v) is 4.89. The molecular weight excluding hydrogens is 463 g/mol. The maximum absolute atomic E-state index is 13.5. The van der Waals surface area contributed by atoms with Crippen LogP contribution in [0.2, 0.25) is 0 Å². The number of fused-ring (bicyclic) bond motifs is 1. The second-order valence-electron chi connectivity index (χ2n) is 9.02. The average molecular weight is 493 g/mol. The van der Waals surface area contributed by atoms with E-state index >= 15 is 0 Å². The van der Waals surface area contributed by atoms with Crippen LogP contribution in [0.1, 0.15) is 48.7 Å². The van der Waals surface area contributed by atoms with Gasteiger partial charge in [-0.25, -0.2) is 9.07 Å². The second-order valence-corrected chi connectivity index (χ2v) is 9.02. The fourth-order valence-electron chi connectivity index (χ4n) is 4.89. The van der Waals surface area contributed by atoms with Crippen LogP contribution in [0.4, 0.5) is 4.39 Å². The first kappa shape index (κ1) is 23.9. The summed E-state index contributed by atoms with van der Waals surface area (Å²) in [6, 6.07) is 11.3. The van der Waals surface area contributed by atoms with Gasteiger partial charge in [-0.1, -0.05) is 25.0 Å². The largest absolute Gasteiger partial charge is 0.493 e. The molecule has 0 spiro atoms. The Labute approximate surface area is 207 Å². The average Bonchev–Trinajstić information content (AvgIpc) is 3.16. The molecule has 36 heavy (non-hydrogen) atoms. The third kappa shape index (κ3) is 4.81. The van der Waals surface area contributed by atoms with Crippen molar-refractivity contribution in [3.63, 3.8) is 0 Å². The highest BCUT2D eigenvalue weighted by molar-refractivity contribution is 5.83. The molecule has 1 atom stereocenters. The molecule has 1 saturated heterocycles. The molecule has 0 aliphatic carbocycles. The lowest BCUT2D eigenvalue weighted by molar-refractivity contribution is 0.220. The molecule has 1 aliphatic heterocycles. The molecule has 0 bridgehead atoms. The highest BCUT2D eigenvalue weighted by Crippen LogP contribution is 2.34. The summed E-state index contributed by atoms with van der Waals surface area (Å²) in [6.45, 7) is 2.03. The number of aromatic nitrogens is 5. The van der Waals surface area contributed by atoms with Gasteiger partial charge in [0, 0.05) is 17.0 Å². The van der Waals surface area contributed by atoms with Gasteiger partial charge in [-0.3, -0.25) is 9.69 Å². The van der Waals surface area contributed by atoms with E-state index in [1.54, 1.807) is 37.1 Å². The van der Waals surface area contributed by atoms with Gasteiger partial charge in [-0.2, -0.15) is 0 Å². The Balaban J connectivity index is 1.63. The van der Waals surface area contributed by atoms with Crippen molar-refractivity contribution in [2.24, 2.45) is 0 Å². The number of likely N-dealkylation sites (tertiary alicyclic amines) is 1. The van der Waals surface area contributed by atoms with Gasteiger partial charge < -0.3 is 14.5 Å². The molecule has 5 rings (SSSR count). The zero-order valence-electron chi connectivity index (χ0n) is 20.4. The van der Waals surface area contributed by atoms with E-state index in [9.17, 15) is 9.18 Å². The zero-order chi connectivity index (χ0) is 25.1. The van der Waals surface area contributed by atoms with Crippen LogP contribution >= 0.6 is 0 Å². The molecule has 0 saturated carbocycles. The van der Waals surface area contributed by atoms with Gasteiger partial charge in [-0.15, -0.1) is 5.10 Å². The molecule has 188 valence electrons. The van der Waals surface area contributed by atoms with Crippen LogP contribution in [-0.4, -0.2) is 57.4 Å². The molecule has 1 fully saturated rings. The first-order chi connectivity index (χ1) is 17.6. The van der Waals surface area contributed by atoms with Gasteiger partial charge in [0.25, 0.3) is 5.56 Å². The number of nitrogens with one attached hydrogen (secondary N) is 1. The molecule has 4 aromatic rings. The van der Waals surface area contributed by atoms with E-state index in [0.717, 1.165) is 49.7 Å². The first-order valence-electron chi connectivity index (χ1n) is 12.1. The Hall–Kier alpha value is -3.79. The summed E-state index contributed by atoms with van der Waals surface area (Å²) in [6.07, 6.45) is 4.36. The van der Waals surface area contributed by atoms with E-state index in [-0.39, 0.29) is 11.4 Å². The minimum Gasteiger partial charge on any atom is -0.493 e. The van der Waals surface area contributed by atoms with Crippen molar-refractivity contribution >= 4 is 10.9 Å². The molecule has 1 aliphatic rings. The molecule has 2 aromatic heterocycles. The lowest BCUT2D eigenvalue weighted by Gasteiger charge is -2.29. The first-order valence-corrected chi connectivity index (χ1v) is 12.1. The molecular formula is C26H29FN6O3. The minimum atomic E-state index is -0.445. The summed E-state index contributed by atoms with van der Waals surface area (Å²) in [5, 5.41) is 13.4. The van der Waals surface area contributed by atoms with Gasteiger partial charge in [0.2, 0.25) is 0 Å². The highest BCUT2D eigenvalue weighted by atomic mass is 19.1. The molecule has 0 amide bonds. The van der Waals surface area contributed by atoms with Crippen molar-refractivity contribution in [1.29, 1.82) is 0 Å².